The number of unbranched alkanes of at least 4 members (excludes halogenated alkanes) is 4. The zero-order chi connectivity index (χ0) is 21.4. The maximum atomic E-state index is 12.6. The molecule has 1 aliphatic rings. The van der Waals surface area contributed by atoms with Crippen LogP contribution in [0.15, 0.2) is 46.3 Å². The third-order valence-electron chi connectivity index (χ3n) is 4.83. The average molecular weight is 487 g/mol. The van der Waals surface area contributed by atoms with Crippen LogP contribution < -0.4 is 5.73 Å². The fourth-order valence-electron chi connectivity index (χ4n) is 3.31. The number of primary amides is 1. The number of allylic oxidation sites excluding steroid dienone is 1. The van der Waals surface area contributed by atoms with Crippen molar-refractivity contribution in [3.05, 3.63) is 41.4 Å². The maximum Gasteiger partial charge on any atom is 0.297 e. The Bertz CT molecular complexity index is 826. The van der Waals surface area contributed by atoms with Gasteiger partial charge >= 0.3 is 0 Å². The van der Waals surface area contributed by atoms with Gasteiger partial charge in [0.25, 0.3) is 10.1 Å². The highest BCUT2D eigenvalue weighted by atomic mass is 79.9. The van der Waals surface area contributed by atoms with Crippen LogP contribution >= 0.6 is 15.9 Å². The Morgan fingerprint density at radius 2 is 1.86 bits per heavy atom. The van der Waals surface area contributed by atoms with Gasteiger partial charge in [-0.2, -0.15) is 8.42 Å². The highest BCUT2D eigenvalue weighted by molar-refractivity contribution is 9.10. The van der Waals surface area contributed by atoms with Crippen LogP contribution in [-0.2, 0) is 23.9 Å². The fraction of sp³-hybridized carbons (Fsp3) is 0.500. The van der Waals surface area contributed by atoms with Gasteiger partial charge in [0.05, 0.1) is 11.0 Å². The summed E-state index contributed by atoms with van der Waals surface area (Å²) in [6, 6.07) is 5.20. The predicted octanol–water partition coefficient (Wildman–Crippen LogP) is 3.14. The third-order valence-corrected chi connectivity index (χ3v) is 6.73. The molecule has 0 aromatic heterocycles. The molecule has 0 radical (unpaired) electrons. The molecule has 0 spiro atoms. The predicted molar refractivity (Wildman–Crippen MR) is 113 cm³/mol. The Hall–Kier alpha value is -1.71. The van der Waals surface area contributed by atoms with E-state index in [0.29, 0.717) is 12.8 Å². The zero-order valence-corrected chi connectivity index (χ0v) is 18.7. The van der Waals surface area contributed by atoms with Gasteiger partial charge in [0, 0.05) is 23.9 Å². The molecular weight excluding hydrogens is 460 g/mol. The Labute approximate surface area is 180 Å². The Balaban J connectivity index is 1.95. The molecule has 9 heteroatoms. The number of likely N-dealkylation sites (tertiary alicyclic amines) is 1. The lowest BCUT2D eigenvalue weighted by atomic mass is 10.1. The van der Waals surface area contributed by atoms with Crippen LogP contribution in [-0.4, -0.2) is 43.8 Å². The Morgan fingerprint density at radius 1 is 1.21 bits per heavy atom. The molecule has 1 aromatic carbocycles. The first kappa shape index (κ1) is 23.6. The molecule has 2 rings (SSSR count). The lowest BCUT2D eigenvalue weighted by Gasteiger charge is -2.22. The largest absolute Gasteiger partial charge is 0.368 e. The number of nitrogens with two attached hydrogens (primary N) is 1. The van der Waals surface area contributed by atoms with Crippen molar-refractivity contribution in [3.63, 3.8) is 0 Å². The summed E-state index contributed by atoms with van der Waals surface area (Å²) in [5.41, 5.74) is 5.44. The summed E-state index contributed by atoms with van der Waals surface area (Å²) >= 11 is 3.25. The third kappa shape index (κ3) is 6.94. The smallest absolute Gasteiger partial charge is 0.297 e. The van der Waals surface area contributed by atoms with Gasteiger partial charge in [-0.15, -0.1) is 6.58 Å². The second kappa shape index (κ2) is 10.9. The van der Waals surface area contributed by atoms with Crippen LogP contribution in [0.1, 0.15) is 44.9 Å². The van der Waals surface area contributed by atoms with E-state index in [-0.39, 0.29) is 23.8 Å². The van der Waals surface area contributed by atoms with Crippen LogP contribution in [0.2, 0.25) is 0 Å². The van der Waals surface area contributed by atoms with Crippen LogP contribution in [0.4, 0.5) is 0 Å². The Morgan fingerprint density at radius 3 is 2.48 bits per heavy atom. The number of benzene rings is 1. The van der Waals surface area contributed by atoms with Crippen molar-refractivity contribution in [1.29, 1.82) is 0 Å². The summed E-state index contributed by atoms with van der Waals surface area (Å²) in [5.74, 6) is -0.860. The number of halogens is 1. The highest BCUT2D eigenvalue weighted by Crippen LogP contribution is 2.26. The average Bonchev–Trinajstić information content (AvgIpc) is 3.08. The molecule has 1 fully saturated rings. The van der Waals surface area contributed by atoms with E-state index in [4.69, 9.17) is 9.92 Å². The molecule has 7 nitrogen and oxygen atoms in total. The van der Waals surface area contributed by atoms with Crippen molar-refractivity contribution in [2.24, 2.45) is 5.73 Å². The van der Waals surface area contributed by atoms with Crippen molar-refractivity contribution in [2.75, 3.05) is 6.54 Å². The van der Waals surface area contributed by atoms with Gasteiger partial charge in [0.1, 0.15) is 6.04 Å². The van der Waals surface area contributed by atoms with E-state index in [9.17, 15) is 18.0 Å². The first-order valence-electron chi connectivity index (χ1n) is 9.63. The molecule has 1 aromatic rings. The maximum absolute atomic E-state index is 12.6. The molecule has 0 saturated carbocycles. The van der Waals surface area contributed by atoms with E-state index in [1.165, 1.54) is 17.0 Å². The van der Waals surface area contributed by atoms with Crippen LogP contribution in [0.5, 0.6) is 0 Å². The molecule has 2 unspecified atom stereocenters. The summed E-state index contributed by atoms with van der Waals surface area (Å²) < 4.78 is 31.0. The molecule has 160 valence electrons. The summed E-state index contributed by atoms with van der Waals surface area (Å²) in [6.07, 6.45) is 6.04. The van der Waals surface area contributed by atoms with Crippen LogP contribution in [0, 0.1) is 0 Å². The summed E-state index contributed by atoms with van der Waals surface area (Å²) in [4.78, 5) is 25.7. The van der Waals surface area contributed by atoms with Gasteiger partial charge in [0.15, 0.2) is 0 Å². The second-order valence-corrected chi connectivity index (χ2v) is 9.56. The molecule has 1 aliphatic heterocycles. The lowest BCUT2D eigenvalue weighted by Crippen LogP contribution is -2.43. The second-order valence-electron chi connectivity index (χ2n) is 7.07. The van der Waals surface area contributed by atoms with Gasteiger partial charge in [-0.25, -0.2) is 0 Å². The number of hydrogen-bond donors (Lipinski definition) is 1. The van der Waals surface area contributed by atoms with Gasteiger partial charge < -0.3 is 10.6 Å². The van der Waals surface area contributed by atoms with Crippen molar-refractivity contribution in [2.45, 2.75) is 62.0 Å². The normalized spacial score (nSPS) is 19.3. The number of carbonyl (C=O) groups excluding carboxylic acids is 2. The topological polar surface area (TPSA) is 107 Å². The Kier molecular flexibility index (Phi) is 8.85. The van der Waals surface area contributed by atoms with Gasteiger partial charge in [0.2, 0.25) is 11.8 Å². The van der Waals surface area contributed by atoms with Gasteiger partial charge in [-0.1, -0.05) is 34.8 Å². The van der Waals surface area contributed by atoms with Crippen molar-refractivity contribution in [1.82, 2.24) is 4.90 Å². The number of amides is 2. The summed E-state index contributed by atoms with van der Waals surface area (Å²) in [6.45, 7) is 3.70. The monoisotopic (exact) mass is 486 g/mol. The van der Waals surface area contributed by atoms with Crippen molar-refractivity contribution in [3.8, 4) is 0 Å². The standard InChI is InChI=1S/C20H27BrN2O5S/c1-2-3-4-5-6-7-8-19(24)23-14-16(13-18(23)20(22)25)28-29(26,27)17-11-9-15(21)10-12-17/h2,9-12,16,18H,1,3-8,13-14H2,(H2,22,25). The number of hydrogen-bond acceptors (Lipinski definition) is 5. The minimum atomic E-state index is -4.01. The van der Waals surface area contributed by atoms with Gasteiger partial charge in [-0.3, -0.25) is 13.8 Å². The van der Waals surface area contributed by atoms with E-state index >= 15 is 0 Å². The number of carbonyl (C=O) groups is 2. The molecule has 1 heterocycles. The molecule has 0 bridgehead atoms. The SMILES string of the molecule is C=CCCCCCCC(=O)N1CC(OS(=O)(=O)c2ccc(Br)cc2)CC1C(N)=O. The van der Waals surface area contributed by atoms with Crippen LogP contribution in [0.3, 0.4) is 0 Å². The minimum Gasteiger partial charge on any atom is -0.368 e. The summed E-state index contributed by atoms with van der Waals surface area (Å²) in [5, 5.41) is 0. The highest BCUT2D eigenvalue weighted by Gasteiger charge is 2.40. The molecule has 29 heavy (non-hydrogen) atoms. The van der Waals surface area contributed by atoms with E-state index < -0.39 is 28.2 Å². The quantitative estimate of drug-likeness (QED) is 0.293. The van der Waals surface area contributed by atoms with E-state index in [2.05, 4.69) is 22.5 Å². The molecule has 2 amide bonds. The van der Waals surface area contributed by atoms with E-state index in [1.54, 1.807) is 12.1 Å². The van der Waals surface area contributed by atoms with Crippen LogP contribution in [0.25, 0.3) is 0 Å². The first-order chi connectivity index (χ1) is 13.7. The number of nitrogens with zero attached hydrogens (tertiary/aromatic N) is 1. The van der Waals surface area contributed by atoms with Gasteiger partial charge in [-0.05, 0) is 43.5 Å². The molecule has 1 saturated heterocycles. The molecular formula is C20H27BrN2O5S. The zero-order valence-electron chi connectivity index (χ0n) is 16.3. The molecule has 0 aliphatic carbocycles. The molecule has 2 atom stereocenters. The van der Waals surface area contributed by atoms with E-state index in [0.717, 1.165) is 30.2 Å². The fourth-order valence-corrected chi connectivity index (χ4v) is 4.65. The van der Waals surface area contributed by atoms with Crippen molar-refractivity contribution < 1.29 is 22.2 Å². The number of rotatable bonds is 11. The lowest BCUT2D eigenvalue weighted by molar-refractivity contribution is -0.137. The minimum absolute atomic E-state index is 0.0145. The first-order valence-corrected chi connectivity index (χ1v) is 11.8. The summed E-state index contributed by atoms with van der Waals surface area (Å²) in [7, 11) is -4.01. The van der Waals surface area contributed by atoms with E-state index in [1.807, 2.05) is 6.08 Å². The van der Waals surface area contributed by atoms with Crippen molar-refractivity contribution >= 4 is 37.9 Å². The molecule has 2 N–H and O–H groups in total.